The standard InChI is InChI=1S/C26H30ClFN6O5/c1-39-25(38)21-9-17(35)12-34(21)11-13-2-4-18-14(6-13)7-15(10-31-26(29)30)22(18)33-24(37)23(36)32-16-3-5-19(27)20(28)8-16/h2-6,8,15,17,21-22,35H,7,9-12H2,1H3,(H,32,36)(H,33,37)(H4,29,30,31)/t15-,17-,21+,22-/m1/s1. The molecule has 2 aromatic rings. The fourth-order valence-electron chi connectivity index (χ4n) is 5.12. The van der Waals surface area contributed by atoms with Crippen LogP contribution in [0.15, 0.2) is 41.4 Å². The van der Waals surface area contributed by atoms with Crippen LogP contribution in [0.25, 0.3) is 0 Å². The molecule has 0 bridgehead atoms. The summed E-state index contributed by atoms with van der Waals surface area (Å²) in [4.78, 5) is 43.5. The Morgan fingerprint density at radius 2 is 1.97 bits per heavy atom. The predicted octanol–water partition coefficient (Wildman–Crippen LogP) is 0.829. The van der Waals surface area contributed by atoms with E-state index in [1.165, 1.54) is 19.2 Å². The number of carbonyl (C=O) groups excluding carboxylic acids is 3. The van der Waals surface area contributed by atoms with Gasteiger partial charge < -0.3 is 31.9 Å². The molecule has 0 aromatic heterocycles. The summed E-state index contributed by atoms with van der Waals surface area (Å²) < 4.78 is 18.6. The van der Waals surface area contributed by atoms with Gasteiger partial charge in [-0.05, 0) is 41.3 Å². The Kier molecular flexibility index (Phi) is 8.68. The third kappa shape index (κ3) is 6.64. The van der Waals surface area contributed by atoms with Gasteiger partial charge in [0.25, 0.3) is 0 Å². The number of hydrogen-bond acceptors (Lipinski definition) is 7. The molecule has 13 heteroatoms. The SMILES string of the molecule is COC(=O)[C@@H]1C[C@@H](O)CN1Cc1ccc2c(c1)C[C@H](CN=C(N)N)[C@H]2NC(=O)C(=O)Nc1ccc(Cl)c(F)c1. The monoisotopic (exact) mass is 560 g/mol. The Morgan fingerprint density at radius 3 is 2.67 bits per heavy atom. The van der Waals surface area contributed by atoms with E-state index in [2.05, 4.69) is 15.6 Å². The summed E-state index contributed by atoms with van der Waals surface area (Å²) in [5, 5.41) is 15.1. The number of β-amino-alcohol motifs (C(OH)–C–C–N with tert-alkyl or cyclic N) is 1. The first-order chi connectivity index (χ1) is 18.5. The third-order valence-electron chi connectivity index (χ3n) is 6.91. The van der Waals surface area contributed by atoms with Crippen molar-refractivity contribution in [2.45, 2.75) is 37.6 Å². The number of carbonyl (C=O) groups is 3. The summed E-state index contributed by atoms with van der Waals surface area (Å²) in [6.45, 7) is 0.971. The first-order valence-electron chi connectivity index (χ1n) is 12.3. The smallest absolute Gasteiger partial charge is 0.323 e. The molecule has 1 heterocycles. The highest BCUT2D eigenvalue weighted by Crippen LogP contribution is 2.37. The maximum atomic E-state index is 13.7. The Bertz CT molecular complexity index is 1300. The minimum Gasteiger partial charge on any atom is -0.468 e. The number of benzene rings is 2. The Labute approximate surface area is 229 Å². The zero-order valence-electron chi connectivity index (χ0n) is 21.2. The van der Waals surface area contributed by atoms with Crippen molar-refractivity contribution in [3.8, 4) is 0 Å². The van der Waals surface area contributed by atoms with Crippen LogP contribution in [0.4, 0.5) is 10.1 Å². The first-order valence-corrected chi connectivity index (χ1v) is 12.7. The molecule has 208 valence electrons. The van der Waals surface area contributed by atoms with Gasteiger partial charge >= 0.3 is 17.8 Å². The van der Waals surface area contributed by atoms with Crippen molar-refractivity contribution >= 4 is 41.0 Å². The molecule has 1 aliphatic carbocycles. The lowest BCUT2D eigenvalue weighted by atomic mass is 10.00. The number of aliphatic hydroxyl groups is 1. The molecule has 1 aliphatic heterocycles. The van der Waals surface area contributed by atoms with E-state index in [0.717, 1.165) is 22.8 Å². The number of aliphatic imine (C=N–C) groups is 1. The highest BCUT2D eigenvalue weighted by atomic mass is 35.5. The van der Waals surface area contributed by atoms with Crippen molar-refractivity contribution in [3.63, 3.8) is 0 Å². The number of rotatable bonds is 7. The predicted molar refractivity (Wildman–Crippen MR) is 142 cm³/mol. The van der Waals surface area contributed by atoms with E-state index >= 15 is 0 Å². The van der Waals surface area contributed by atoms with E-state index in [4.69, 9.17) is 27.8 Å². The Morgan fingerprint density at radius 1 is 1.21 bits per heavy atom. The second-order valence-electron chi connectivity index (χ2n) is 9.65. The van der Waals surface area contributed by atoms with Crippen LogP contribution < -0.4 is 22.1 Å². The maximum absolute atomic E-state index is 13.7. The van der Waals surface area contributed by atoms with Gasteiger partial charge in [-0.3, -0.25) is 24.3 Å². The van der Waals surface area contributed by atoms with Crippen LogP contribution in [0.3, 0.4) is 0 Å². The number of amides is 2. The average Bonchev–Trinajstić information content (AvgIpc) is 3.43. The van der Waals surface area contributed by atoms with Crippen LogP contribution in [0, 0.1) is 11.7 Å². The number of nitrogens with zero attached hydrogens (tertiary/aromatic N) is 2. The lowest BCUT2D eigenvalue weighted by Crippen LogP contribution is -2.40. The minimum absolute atomic E-state index is 0.0860. The molecule has 2 amide bonds. The van der Waals surface area contributed by atoms with E-state index in [-0.39, 0.29) is 29.1 Å². The van der Waals surface area contributed by atoms with Gasteiger partial charge in [0, 0.05) is 37.7 Å². The van der Waals surface area contributed by atoms with E-state index in [1.807, 2.05) is 23.1 Å². The molecule has 39 heavy (non-hydrogen) atoms. The lowest BCUT2D eigenvalue weighted by molar-refractivity contribution is -0.146. The molecule has 1 fully saturated rings. The summed E-state index contributed by atoms with van der Waals surface area (Å²) in [6, 6.07) is 8.28. The van der Waals surface area contributed by atoms with Gasteiger partial charge in [0.2, 0.25) is 0 Å². The zero-order valence-corrected chi connectivity index (χ0v) is 22.0. The van der Waals surface area contributed by atoms with Crippen LogP contribution in [-0.2, 0) is 32.1 Å². The minimum atomic E-state index is -0.969. The number of guanidine groups is 1. The van der Waals surface area contributed by atoms with Gasteiger partial charge in [0.05, 0.1) is 24.3 Å². The number of likely N-dealkylation sites (tertiary alicyclic amines) is 1. The van der Waals surface area contributed by atoms with Crippen molar-refractivity contribution in [2.75, 3.05) is 25.5 Å². The molecule has 0 unspecified atom stereocenters. The Hall–Kier alpha value is -3.74. The van der Waals surface area contributed by atoms with E-state index in [9.17, 15) is 23.9 Å². The quantitative estimate of drug-likeness (QED) is 0.143. The van der Waals surface area contributed by atoms with E-state index in [1.54, 1.807) is 0 Å². The Balaban J connectivity index is 1.51. The van der Waals surface area contributed by atoms with E-state index < -0.39 is 41.8 Å². The zero-order chi connectivity index (χ0) is 28.3. The summed E-state index contributed by atoms with van der Waals surface area (Å²) in [5.41, 5.74) is 13.8. The van der Waals surface area contributed by atoms with Crippen molar-refractivity contribution in [1.82, 2.24) is 10.2 Å². The highest BCUT2D eigenvalue weighted by Gasteiger charge is 2.38. The van der Waals surface area contributed by atoms with Crippen LogP contribution >= 0.6 is 11.6 Å². The molecule has 2 aromatic carbocycles. The summed E-state index contributed by atoms with van der Waals surface area (Å²) in [7, 11) is 1.32. The number of aliphatic hydroxyl groups excluding tert-OH is 1. The van der Waals surface area contributed by atoms with Gasteiger partial charge in [-0.25, -0.2) is 4.39 Å². The summed E-state index contributed by atoms with van der Waals surface area (Å²) in [5.74, 6) is -3.33. The van der Waals surface area contributed by atoms with E-state index in [0.29, 0.717) is 25.9 Å². The van der Waals surface area contributed by atoms with Gasteiger partial charge in [0.15, 0.2) is 5.96 Å². The normalized spacial score (nSPS) is 22.2. The van der Waals surface area contributed by atoms with Crippen LogP contribution in [0.5, 0.6) is 0 Å². The molecule has 0 radical (unpaired) electrons. The molecule has 4 rings (SSSR count). The second-order valence-corrected chi connectivity index (χ2v) is 10.1. The first kappa shape index (κ1) is 28.3. The molecule has 4 atom stereocenters. The van der Waals surface area contributed by atoms with Gasteiger partial charge in [-0.15, -0.1) is 0 Å². The van der Waals surface area contributed by atoms with Crippen molar-refractivity contribution < 1.29 is 28.6 Å². The molecular formula is C26H30ClFN6O5. The lowest BCUT2D eigenvalue weighted by Gasteiger charge is -2.23. The van der Waals surface area contributed by atoms with Crippen molar-refractivity contribution in [2.24, 2.45) is 22.4 Å². The second kappa shape index (κ2) is 12.0. The summed E-state index contributed by atoms with van der Waals surface area (Å²) in [6.07, 6.45) is 0.206. The van der Waals surface area contributed by atoms with Crippen LogP contribution in [-0.4, -0.2) is 66.1 Å². The van der Waals surface area contributed by atoms with Gasteiger partial charge in [-0.1, -0.05) is 29.8 Å². The number of fused-ring (bicyclic) bond motifs is 1. The maximum Gasteiger partial charge on any atom is 0.323 e. The topological polar surface area (TPSA) is 172 Å². The van der Waals surface area contributed by atoms with Crippen LogP contribution in [0.2, 0.25) is 5.02 Å². The number of esters is 1. The number of anilines is 1. The van der Waals surface area contributed by atoms with Crippen molar-refractivity contribution in [3.05, 3.63) is 63.9 Å². The number of methoxy groups -OCH3 is 1. The van der Waals surface area contributed by atoms with Gasteiger partial charge in [-0.2, -0.15) is 0 Å². The highest BCUT2D eigenvalue weighted by molar-refractivity contribution is 6.39. The van der Waals surface area contributed by atoms with Crippen molar-refractivity contribution in [1.29, 1.82) is 0 Å². The fraction of sp³-hybridized carbons (Fsp3) is 0.385. The summed E-state index contributed by atoms with van der Waals surface area (Å²) >= 11 is 5.67. The van der Waals surface area contributed by atoms with Crippen LogP contribution in [0.1, 0.15) is 29.2 Å². The number of nitrogens with two attached hydrogens (primary N) is 2. The molecule has 7 N–H and O–H groups in total. The molecule has 2 aliphatic rings. The number of ether oxygens (including phenoxy) is 1. The number of halogens is 2. The number of hydrogen-bond donors (Lipinski definition) is 5. The largest absolute Gasteiger partial charge is 0.468 e. The third-order valence-corrected chi connectivity index (χ3v) is 7.22. The molecule has 0 saturated carbocycles. The average molecular weight is 561 g/mol. The molecule has 11 nitrogen and oxygen atoms in total. The molecule has 0 spiro atoms. The molecular weight excluding hydrogens is 531 g/mol. The van der Waals surface area contributed by atoms with Gasteiger partial charge in [0.1, 0.15) is 11.9 Å². The molecule has 1 saturated heterocycles. The fourth-order valence-corrected chi connectivity index (χ4v) is 5.24. The number of nitrogens with one attached hydrogen (secondary N) is 2.